The average Bonchev–Trinajstić information content (AvgIpc) is 2.25. The van der Waals surface area contributed by atoms with Gasteiger partial charge in [0.2, 0.25) is 5.91 Å². The van der Waals surface area contributed by atoms with Gasteiger partial charge in [0.15, 0.2) is 0 Å². The lowest BCUT2D eigenvalue weighted by molar-refractivity contribution is -0.150. The van der Waals surface area contributed by atoms with Crippen molar-refractivity contribution in [2.75, 3.05) is 5.32 Å². The Morgan fingerprint density at radius 2 is 1.79 bits per heavy atom. The van der Waals surface area contributed by atoms with Gasteiger partial charge in [-0.1, -0.05) is 12.1 Å². The molecule has 0 unspecified atom stereocenters. The van der Waals surface area contributed by atoms with E-state index in [-0.39, 0.29) is 5.69 Å². The number of nitrogens with one attached hydrogen (secondary N) is 1. The van der Waals surface area contributed by atoms with E-state index in [0.717, 1.165) is 6.08 Å². The second-order valence-electron chi connectivity index (χ2n) is 3.63. The maximum absolute atomic E-state index is 11.9. The number of hydrogen-bond donors (Lipinski definition) is 2. The van der Waals surface area contributed by atoms with Gasteiger partial charge in [0.1, 0.15) is 6.42 Å². The van der Waals surface area contributed by atoms with Crippen LogP contribution in [0.15, 0.2) is 30.3 Å². The van der Waals surface area contributed by atoms with Crippen LogP contribution in [0.5, 0.6) is 0 Å². The van der Waals surface area contributed by atoms with Crippen LogP contribution >= 0.6 is 0 Å². The van der Waals surface area contributed by atoms with E-state index in [1.54, 1.807) is 0 Å². The zero-order valence-corrected chi connectivity index (χ0v) is 9.57. The van der Waals surface area contributed by atoms with Crippen LogP contribution in [0.2, 0.25) is 0 Å². The normalized spacial score (nSPS) is 11.5. The van der Waals surface area contributed by atoms with Crippen molar-refractivity contribution in [1.82, 2.24) is 0 Å². The van der Waals surface area contributed by atoms with E-state index < -0.39 is 24.5 Å². The molecule has 1 aromatic rings. The van der Waals surface area contributed by atoms with Gasteiger partial charge in [-0.15, -0.1) is 0 Å². The predicted octanol–water partition coefficient (Wildman–Crippen LogP) is 2.68. The number of benzene rings is 1. The van der Waals surface area contributed by atoms with Crippen LogP contribution in [0, 0.1) is 0 Å². The molecule has 1 rings (SSSR count). The smallest absolute Gasteiger partial charge is 0.397 e. The van der Waals surface area contributed by atoms with Gasteiger partial charge in [-0.25, -0.2) is 4.79 Å². The molecule has 0 fully saturated rings. The van der Waals surface area contributed by atoms with Gasteiger partial charge in [0.25, 0.3) is 0 Å². The van der Waals surface area contributed by atoms with E-state index in [4.69, 9.17) is 5.11 Å². The third kappa shape index (κ3) is 6.25. The Balaban J connectivity index is 2.62. The molecule has 0 bridgehead atoms. The number of amides is 1. The molecular weight excluding hydrogens is 263 g/mol. The quantitative estimate of drug-likeness (QED) is 0.829. The highest BCUT2D eigenvalue weighted by Gasteiger charge is 2.31. The Bertz CT molecular complexity index is 492. The molecule has 0 saturated carbocycles. The summed E-state index contributed by atoms with van der Waals surface area (Å²) in [7, 11) is 0. The Labute approximate surface area is 106 Å². The molecule has 2 N–H and O–H groups in total. The molecule has 0 spiro atoms. The van der Waals surface area contributed by atoms with Crippen molar-refractivity contribution >= 4 is 23.6 Å². The van der Waals surface area contributed by atoms with E-state index in [1.165, 1.54) is 30.3 Å². The molecule has 1 aromatic carbocycles. The second-order valence-corrected chi connectivity index (χ2v) is 3.63. The SMILES string of the molecule is O=C(O)/C=C/c1ccc(NC(=O)CC(F)(F)F)cc1. The van der Waals surface area contributed by atoms with Gasteiger partial charge < -0.3 is 10.4 Å². The van der Waals surface area contributed by atoms with Gasteiger partial charge in [0.05, 0.1) is 0 Å². The van der Waals surface area contributed by atoms with Crippen LogP contribution in [0.25, 0.3) is 6.08 Å². The topological polar surface area (TPSA) is 66.4 Å². The summed E-state index contributed by atoms with van der Waals surface area (Å²) in [5.74, 6) is -2.26. The Hall–Kier alpha value is -2.31. The largest absolute Gasteiger partial charge is 0.478 e. The number of carboxylic acid groups (broad SMARTS) is 1. The molecule has 0 heterocycles. The molecule has 0 aliphatic heterocycles. The number of carbonyl (C=O) groups is 2. The van der Waals surface area contributed by atoms with Crippen LogP contribution in [0.4, 0.5) is 18.9 Å². The van der Waals surface area contributed by atoms with Crippen molar-refractivity contribution in [2.45, 2.75) is 12.6 Å². The van der Waals surface area contributed by atoms with E-state index >= 15 is 0 Å². The lowest BCUT2D eigenvalue weighted by atomic mass is 10.2. The standard InChI is InChI=1S/C12H10F3NO3/c13-12(14,15)7-10(17)16-9-4-1-8(2-5-9)3-6-11(18)19/h1-6H,7H2,(H,16,17)(H,18,19)/b6-3+. The molecule has 102 valence electrons. The highest BCUT2D eigenvalue weighted by atomic mass is 19.4. The summed E-state index contributed by atoms with van der Waals surface area (Å²) in [6, 6.07) is 5.72. The summed E-state index contributed by atoms with van der Waals surface area (Å²) in [6.07, 6.45) is -3.84. The number of carbonyl (C=O) groups excluding carboxylic acids is 1. The van der Waals surface area contributed by atoms with Crippen LogP contribution in [-0.4, -0.2) is 23.2 Å². The average molecular weight is 273 g/mol. The molecule has 0 radical (unpaired) electrons. The molecule has 0 aliphatic carbocycles. The van der Waals surface area contributed by atoms with Crippen molar-refractivity contribution in [3.8, 4) is 0 Å². The second kappa shape index (κ2) is 6.03. The molecule has 4 nitrogen and oxygen atoms in total. The third-order valence-electron chi connectivity index (χ3n) is 1.97. The predicted molar refractivity (Wildman–Crippen MR) is 62.4 cm³/mol. The Morgan fingerprint density at radius 1 is 1.21 bits per heavy atom. The fraction of sp³-hybridized carbons (Fsp3) is 0.167. The van der Waals surface area contributed by atoms with Crippen LogP contribution in [0.1, 0.15) is 12.0 Å². The zero-order valence-electron chi connectivity index (χ0n) is 9.57. The summed E-state index contributed by atoms with van der Waals surface area (Å²) in [5.41, 5.74) is 0.762. The van der Waals surface area contributed by atoms with Crippen molar-refractivity contribution in [1.29, 1.82) is 0 Å². The van der Waals surface area contributed by atoms with Gasteiger partial charge in [-0.05, 0) is 23.8 Å². The van der Waals surface area contributed by atoms with E-state index in [2.05, 4.69) is 5.32 Å². The van der Waals surface area contributed by atoms with Crippen molar-refractivity contribution in [2.24, 2.45) is 0 Å². The number of aliphatic carboxylic acids is 1. The molecular formula is C12H10F3NO3. The number of halogens is 3. The maximum Gasteiger partial charge on any atom is 0.397 e. The summed E-state index contributed by atoms with van der Waals surface area (Å²) >= 11 is 0. The van der Waals surface area contributed by atoms with Gasteiger partial charge >= 0.3 is 12.1 Å². The monoisotopic (exact) mass is 273 g/mol. The Kier molecular flexibility index (Phi) is 4.68. The third-order valence-corrected chi connectivity index (χ3v) is 1.97. The first-order valence-electron chi connectivity index (χ1n) is 5.14. The maximum atomic E-state index is 11.9. The number of anilines is 1. The van der Waals surface area contributed by atoms with Crippen molar-refractivity contribution < 1.29 is 27.9 Å². The van der Waals surface area contributed by atoms with Gasteiger partial charge in [0, 0.05) is 11.8 Å². The van der Waals surface area contributed by atoms with E-state index in [1.807, 2.05) is 0 Å². The number of carboxylic acids is 1. The first kappa shape index (κ1) is 14.7. The lowest BCUT2D eigenvalue weighted by Crippen LogP contribution is -2.21. The van der Waals surface area contributed by atoms with Crippen LogP contribution in [0.3, 0.4) is 0 Å². The molecule has 0 saturated heterocycles. The van der Waals surface area contributed by atoms with Crippen LogP contribution in [-0.2, 0) is 9.59 Å². The summed E-state index contributed by atoms with van der Waals surface area (Å²) in [6.45, 7) is 0. The van der Waals surface area contributed by atoms with E-state index in [0.29, 0.717) is 5.56 Å². The molecule has 7 heteroatoms. The minimum atomic E-state index is -4.55. The number of alkyl halides is 3. The fourth-order valence-corrected chi connectivity index (χ4v) is 1.23. The fourth-order valence-electron chi connectivity index (χ4n) is 1.23. The zero-order chi connectivity index (χ0) is 14.5. The molecule has 0 aromatic heterocycles. The highest BCUT2D eigenvalue weighted by molar-refractivity contribution is 5.91. The molecule has 0 aliphatic rings. The molecule has 1 amide bonds. The van der Waals surface area contributed by atoms with Crippen molar-refractivity contribution in [3.63, 3.8) is 0 Å². The highest BCUT2D eigenvalue weighted by Crippen LogP contribution is 2.20. The minimum Gasteiger partial charge on any atom is -0.478 e. The number of rotatable bonds is 4. The molecule has 19 heavy (non-hydrogen) atoms. The number of hydrogen-bond acceptors (Lipinski definition) is 2. The van der Waals surface area contributed by atoms with E-state index in [9.17, 15) is 22.8 Å². The first-order chi connectivity index (χ1) is 8.76. The van der Waals surface area contributed by atoms with Gasteiger partial charge in [-0.3, -0.25) is 4.79 Å². The first-order valence-corrected chi connectivity index (χ1v) is 5.14. The lowest BCUT2D eigenvalue weighted by Gasteiger charge is -2.07. The van der Waals surface area contributed by atoms with Gasteiger partial charge in [-0.2, -0.15) is 13.2 Å². The van der Waals surface area contributed by atoms with Crippen LogP contribution < -0.4 is 5.32 Å². The summed E-state index contributed by atoms with van der Waals surface area (Å²) in [4.78, 5) is 21.3. The minimum absolute atomic E-state index is 0.210. The molecule has 0 atom stereocenters. The summed E-state index contributed by atoms with van der Waals surface area (Å²) < 4.78 is 35.8. The Morgan fingerprint density at radius 3 is 2.26 bits per heavy atom. The van der Waals surface area contributed by atoms with Crippen molar-refractivity contribution in [3.05, 3.63) is 35.9 Å². The summed E-state index contributed by atoms with van der Waals surface area (Å²) in [5, 5.41) is 10.5.